The first-order valence-corrected chi connectivity index (χ1v) is 10.9. The molecule has 0 radical (unpaired) electrons. The summed E-state index contributed by atoms with van der Waals surface area (Å²) in [6.45, 7) is 0.313. The third-order valence-electron chi connectivity index (χ3n) is 4.88. The predicted molar refractivity (Wildman–Crippen MR) is 123 cm³/mol. The highest BCUT2D eigenvalue weighted by Crippen LogP contribution is 2.23. The molecule has 0 aliphatic carbocycles. The van der Waals surface area contributed by atoms with E-state index in [1.165, 1.54) is 6.07 Å². The number of aromatic nitrogens is 2. The average molecular weight is 467 g/mol. The van der Waals surface area contributed by atoms with Crippen LogP contribution in [0.4, 0.5) is 8.78 Å². The smallest absolute Gasteiger partial charge is 0.266 e. The van der Waals surface area contributed by atoms with Gasteiger partial charge in [0.15, 0.2) is 5.16 Å². The maximum Gasteiger partial charge on any atom is 0.266 e. The van der Waals surface area contributed by atoms with Gasteiger partial charge < -0.3 is 10.1 Å². The van der Waals surface area contributed by atoms with Gasteiger partial charge in [-0.1, -0.05) is 36.0 Å². The van der Waals surface area contributed by atoms with Gasteiger partial charge in [0.1, 0.15) is 17.4 Å². The van der Waals surface area contributed by atoms with E-state index in [2.05, 4.69) is 10.3 Å². The van der Waals surface area contributed by atoms with Gasteiger partial charge in [0, 0.05) is 12.6 Å². The van der Waals surface area contributed by atoms with Gasteiger partial charge in [0.2, 0.25) is 5.91 Å². The number of hydrogen-bond acceptors (Lipinski definition) is 5. The van der Waals surface area contributed by atoms with Crippen LogP contribution >= 0.6 is 11.8 Å². The molecule has 0 atom stereocenters. The van der Waals surface area contributed by atoms with E-state index in [1.54, 1.807) is 43.5 Å². The second-order valence-electron chi connectivity index (χ2n) is 7.06. The van der Waals surface area contributed by atoms with Crippen molar-refractivity contribution in [3.05, 3.63) is 94.3 Å². The molecule has 0 saturated heterocycles. The lowest BCUT2D eigenvalue weighted by Crippen LogP contribution is -2.26. The summed E-state index contributed by atoms with van der Waals surface area (Å²) in [6, 6.07) is 16.9. The lowest BCUT2D eigenvalue weighted by Gasteiger charge is -2.14. The summed E-state index contributed by atoms with van der Waals surface area (Å²) in [4.78, 5) is 30.0. The Bertz CT molecular complexity index is 1370. The number of nitrogens with zero attached hydrogens (tertiary/aromatic N) is 2. The number of para-hydroxylation sites is 1. The van der Waals surface area contributed by atoms with E-state index < -0.39 is 17.2 Å². The van der Waals surface area contributed by atoms with E-state index >= 15 is 0 Å². The van der Waals surface area contributed by atoms with Gasteiger partial charge >= 0.3 is 0 Å². The van der Waals surface area contributed by atoms with Crippen LogP contribution in [0.2, 0.25) is 0 Å². The highest BCUT2D eigenvalue weighted by atomic mass is 32.2. The number of rotatable bonds is 7. The van der Waals surface area contributed by atoms with Crippen LogP contribution in [0.3, 0.4) is 0 Å². The van der Waals surface area contributed by atoms with Crippen molar-refractivity contribution in [3.8, 4) is 11.4 Å². The molecule has 1 aromatic heterocycles. The Balaban J connectivity index is 1.58. The zero-order chi connectivity index (χ0) is 23.4. The van der Waals surface area contributed by atoms with Crippen molar-refractivity contribution in [2.45, 2.75) is 11.7 Å². The largest absolute Gasteiger partial charge is 0.497 e. The van der Waals surface area contributed by atoms with Crippen molar-refractivity contribution in [1.29, 1.82) is 0 Å². The first-order chi connectivity index (χ1) is 16.0. The van der Waals surface area contributed by atoms with Gasteiger partial charge in [-0.15, -0.1) is 0 Å². The summed E-state index contributed by atoms with van der Waals surface area (Å²) >= 11 is 0.993. The molecular weight excluding hydrogens is 448 g/mol. The van der Waals surface area contributed by atoms with E-state index in [-0.39, 0.29) is 27.9 Å². The van der Waals surface area contributed by atoms with Crippen LogP contribution in [-0.4, -0.2) is 28.3 Å². The van der Waals surface area contributed by atoms with Crippen molar-refractivity contribution in [3.63, 3.8) is 0 Å². The Labute approximate surface area is 192 Å². The minimum Gasteiger partial charge on any atom is -0.497 e. The predicted octanol–water partition coefficient (Wildman–Crippen LogP) is 4.08. The molecule has 168 valence electrons. The van der Waals surface area contributed by atoms with Crippen LogP contribution in [0.25, 0.3) is 16.6 Å². The van der Waals surface area contributed by atoms with E-state index in [9.17, 15) is 18.4 Å². The Morgan fingerprint density at radius 2 is 1.85 bits per heavy atom. The number of thioether (sulfide) groups is 1. The highest BCUT2D eigenvalue weighted by Gasteiger charge is 2.17. The molecule has 33 heavy (non-hydrogen) atoms. The van der Waals surface area contributed by atoms with Gasteiger partial charge in [-0.25, -0.2) is 13.8 Å². The molecule has 0 spiro atoms. The summed E-state index contributed by atoms with van der Waals surface area (Å²) in [5, 5.41) is 3.21. The first kappa shape index (κ1) is 22.5. The molecule has 1 N–H and O–H groups in total. The number of carbonyl (C=O) groups excluding carboxylic acids is 1. The lowest BCUT2D eigenvalue weighted by atomic mass is 10.2. The van der Waals surface area contributed by atoms with Crippen LogP contribution in [0.5, 0.6) is 5.75 Å². The van der Waals surface area contributed by atoms with Crippen molar-refractivity contribution in [2.24, 2.45) is 0 Å². The lowest BCUT2D eigenvalue weighted by molar-refractivity contribution is -0.118. The summed E-state index contributed by atoms with van der Waals surface area (Å²) < 4.78 is 34.1. The number of benzene rings is 3. The van der Waals surface area contributed by atoms with Crippen LogP contribution in [0.1, 0.15) is 5.56 Å². The molecule has 0 aliphatic rings. The SMILES string of the molecule is COc1ccc(CNC(=O)CSc2nc3ccccc3c(=O)n2-c2ccc(F)cc2F)cc1. The zero-order valence-electron chi connectivity index (χ0n) is 17.5. The van der Waals surface area contributed by atoms with E-state index in [1.807, 2.05) is 12.1 Å². The molecule has 9 heteroatoms. The van der Waals surface area contributed by atoms with Crippen molar-refractivity contribution < 1.29 is 18.3 Å². The monoisotopic (exact) mass is 467 g/mol. The minimum atomic E-state index is -0.903. The summed E-state index contributed by atoms with van der Waals surface area (Å²) in [5.74, 6) is -1.28. The number of hydrogen-bond donors (Lipinski definition) is 1. The van der Waals surface area contributed by atoms with Crippen LogP contribution in [-0.2, 0) is 11.3 Å². The third-order valence-corrected chi connectivity index (χ3v) is 5.82. The molecule has 4 aromatic rings. The van der Waals surface area contributed by atoms with E-state index in [0.717, 1.165) is 28.0 Å². The van der Waals surface area contributed by atoms with Crippen molar-refractivity contribution in [1.82, 2.24) is 14.9 Å². The molecule has 0 aliphatic heterocycles. The quantitative estimate of drug-likeness (QED) is 0.328. The van der Waals surface area contributed by atoms with Gasteiger partial charge in [-0.2, -0.15) is 0 Å². The highest BCUT2D eigenvalue weighted by molar-refractivity contribution is 7.99. The van der Waals surface area contributed by atoms with Gasteiger partial charge in [0.25, 0.3) is 5.56 Å². The Morgan fingerprint density at radius 3 is 2.58 bits per heavy atom. The number of amides is 1. The fourth-order valence-corrected chi connectivity index (χ4v) is 4.04. The fourth-order valence-electron chi connectivity index (χ4n) is 3.21. The Morgan fingerprint density at radius 1 is 1.09 bits per heavy atom. The summed E-state index contributed by atoms with van der Waals surface area (Å²) in [6.07, 6.45) is 0. The van der Waals surface area contributed by atoms with Crippen molar-refractivity contribution in [2.75, 3.05) is 12.9 Å². The molecule has 1 amide bonds. The maximum absolute atomic E-state index is 14.5. The van der Waals surface area contributed by atoms with E-state index in [0.29, 0.717) is 23.9 Å². The second-order valence-corrected chi connectivity index (χ2v) is 8.00. The number of methoxy groups -OCH3 is 1. The van der Waals surface area contributed by atoms with Gasteiger partial charge in [-0.3, -0.25) is 14.2 Å². The number of nitrogens with one attached hydrogen (secondary N) is 1. The van der Waals surface area contributed by atoms with Crippen molar-refractivity contribution >= 4 is 28.6 Å². The minimum absolute atomic E-state index is 0.0518. The van der Waals surface area contributed by atoms with Crippen LogP contribution < -0.4 is 15.6 Å². The standard InChI is InChI=1S/C24H19F2N3O3S/c1-32-17-9-6-15(7-10-17)13-27-22(30)14-33-24-28-20-5-3-2-4-18(20)23(31)29(24)21-11-8-16(25)12-19(21)26/h2-12H,13-14H2,1H3,(H,27,30). The molecule has 0 unspecified atom stereocenters. The number of fused-ring (bicyclic) bond motifs is 1. The Kier molecular flexibility index (Phi) is 6.69. The fraction of sp³-hybridized carbons (Fsp3) is 0.125. The topological polar surface area (TPSA) is 73.2 Å². The number of halogens is 2. The number of ether oxygens (including phenoxy) is 1. The molecule has 3 aromatic carbocycles. The molecule has 4 rings (SSSR count). The molecule has 6 nitrogen and oxygen atoms in total. The van der Waals surface area contributed by atoms with Gasteiger partial charge in [-0.05, 0) is 42.0 Å². The number of carbonyl (C=O) groups is 1. The zero-order valence-corrected chi connectivity index (χ0v) is 18.4. The molecular formula is C24H19F2N3O3S. The third kappa shape index (κ3) is 5.04. The first-order valence-electron chi connectivity index (χ1n) is 9.96. The summed E-state index contributed by atoms with van der Waals surface area (Å²) in [7, 11) is 1.58. The summed E-state index contributed by atoms with van der Waals surface area (Å²) in [5.41, 5.74) is 0.665. The molecule has 0 saturated carbocycles. The van der Waals surface area contributed by atoms with Crippen LogP contribution in [0.15, 0.2) is 76.7 Å². The Hall–Kier alpha value is -3.72. The molecule has 0 fully saturated rings. The average Bonchev–Trinajstić information content (AvgIpc) is 2.82. The molecule has 1 heterocycles. The molecule has 0 bridgehead atoms. The maximum atomic E-state index is 14.5. The van der Waals surface area contributed by atoms with E-state index in [4.69, 9.17) is 4.74 Å². The van der Waals surface area contributed by atoms with Gasteiger partial charge in [0.05, 0.1) is 29.5 Å². The van der Waals surface area contributed by atoms with Crippen LogP contribution in [0, 0.1) is 11.6 Å². The second kappa shape index (κ2) is 9.83. The normalized spacial score (nSPS) is 10.9.